The molecule has 0 aromatic heterocycles. The molecule has 1 saturated heterocycles. The molecule has 0 saturated carbocycles. The Kier molecular flexibility index (Phi) is 6.60. The van der Waals surface area contributed by atoms with Gasteiger partial charge in [-0.2, -0.15) is 0 Å². The molecular formula is C13H27NO3S. The van der Waals surface area contributed by atoms with Crippen molar-refractivity contribution in [3.05, 3.63) is 0 Å². The van der Waals surface area contributed by atoms with Crippen LogP contribution in [0, 0.1) is 0 Å². The number of ether oxygens (including phenoxy) is 1. The van der Waals surface area contributed by atoms with Gasteiger partial charge in [0.05, 0.1) is 23.7 Å². The maximum absolute atomic E-state index is 12.1. The SMILES string of the molecule is CCCNC(COC(C)C)C1CCCCS1(=O)=O. The second-order valence-electron chi connectivity index (χ2n) is 5.34. The lowest BCUT2D eigenvalue weighted by atomic mass is 10.1. The third-order valence-corrected chi connectivity index (χ3v) is 5.69. The summed E-state index contributed by atoms with van der Waals surface area (Å²) < 4.78 is 29.9. The molecule has 4 nitrogen and oxygen atoms in total. The molecule has 0 aromatic rings. The standard InChI is InChI=1S/C13H27NO3S/c1-4-8-14-12(10-17-11(2)3)13-7-5-6-9-18(13,15)16/h11-14H,4-10H2,1-3H3. The first kappa shape index (κ1) is 15.9. The predicted molar refractivity (Wildman–Crippen MR) is 74.6 cm³/mol. The van der Waals surface area contributed by atoms with E-state index in [2.05, 4.69) is 12.2 Å². The maximum atomic E-state index is 12.1. The lowest BCUT2D eigenvalue weighted by molar-refractivity contribution is 0.0594. The van der Waals surface area contributed by atoms with Crippen molar-refractivity contribution in [1.29, 1.82) is 0 Å². The highest BCUT2D eigenvalue weighted by Crippen LogP contribution is 2.22. The molecule has 1 aliphatic rings. The summed E-state index contributed by atoms with van der Waals surface area (Å²) in [5.41, 5.74) is 0. The molecule has 5 heteroatoms. The molecule has 0 radical (unpaired) electrons. The molecule has 0 amide bonds. The summed E-state index contributed by atoms with van der Waals surface area (Å²) in [4.78, 5) is 0. The van der Waals surface area contributed by atoms with Crippen LogP contribution < -0.4 is 5.32 Å². The molecule has 108 valence electrons. The Hall–Kier alpha value is -0.130. The van der Waals surface area contributed by atoms with E-state index in [9.17, 15) is 8.42 Å². The molecule has 0 aliphatic carbocycles. The van der Waals surface area contributed by atoms with Gasteiger partial charge in [-0.15, -0.1) is 0 Å². The van der Waals surface area contributed by atoms with E-state index in [1.807, 2.05) is 13.8 Å². The van der Waals surface area contributed by atoms with E-state index in [1.165, 1.54) is 0 Å². The highest BCUT2D eigenvalue weighted by atomic mass is 32.2. The van der Waals surface area contributed by atoms with Crippen LogP contribution in [0.4, 0.5) is 0 Å². The molecule has 1 fully saturated rings. The van der Waals surface area contributed by atoms with Gasteiger partial charge in [-0.1, -0.05) is 13.3 Å². The summed E-state index contributed by atoms with van der Waals surface area (Å²) in [6, 6.07) is -0.0577. The van der Waals surface area contributed by atoms with Crippen LogP contribution >= 0.6 is 0 Å². The van der Waals surface area contributed by atoms with Gasteiger partial charge in [-0.05, 0) is 39.7 Å². The highest BCUT2D eigenvalue weighted by Gasteiger charge is 2.35. The van der Waals surface area contributed by atoms with Crippen molar-refractivity contribution in [1.82, 2.24) is 5.32 Å². The van der Waals surface area contributed by atoms with Crippen LogP contribution in [0.5, 0.6) is 0 Å². The van der Waals surface area contributed by atoms with Gasteiger partial charge in [-0.3, -0.25) is 0 Å². The zero-order valence-corrected chi connectivity index (χ0v) is 12.6. The summed E-state index contributed by atoms with van der Waals surface area (Å²) in [6.07, 6.45) is 3.73. The minimum absolute atomic E-state index is 0.0577. The van der Waals surface area contributed by atoms with E-state index in [4.69, 9.17) is 4.74 Å². The fourth-order valence-corrected chi connectivity index (χ4v) is 4.47. The summed E-state index contributed by atoms with van der Waals surface area (Å²) >= 11 is 0. The Balaban J connectivity index is 2.67. The molecule has 0 spiro atoms. The Morgan fingerprint density at radius 1 is 1.33 bits per heavy atom. The van der Waals surface area contributed by atoms with Crippen LogP contribution in [0.15, 0.2) is 0 Å². The third-order valence-electron chi connectivity index (χ3n) is 3.34. The molecule has 1 aliphatic heterocycles. The lowest BCUT2D eigenvalue weighted by Crippen LogP contribution is -2.49. The minimum atomic E-state index is -2.94. The molecule has 2 atom stereocenters. The number of rotatable bonds is 7. The molecule has 1 rings (SSSR count). The first-order chi connectivity index (χ1) is 8.47. The third kappa shape index (κ3) is 4.86. The second kappa shape index (κ2) is 7.46. The largest absolute Gasteiger partial charge is 0.377 e. The molecule has 1 N–H and O–H groups in total. The minimum Gasteiger partial charge on any atom is -0.377 e. The smallest absolute Gasteiger partial charge is 0.154 e. The van der Waals surface area contributed by atoms with Crippen LogP contribution in [-0.2, 0) is 14.6 Å². The molecular weight excluding hydrogens is 250 g/mol. The number of hydrogen-bond donors (Lipinski definition) is 1. The fourth-order valence-electron chi connectivity index (χ4n) is 2.35. The van der Waals surface area contributed by atoms with Gasteiger partial charge < -0.3 is 10.1 Å². The predicted octanol–water partition coefficient (Wildman–Crippen LogP) is 1.75. The van der Waals surface area contributed by atoms with Gasteiger partial charge in [0.15, 0.2) is 9.84 Å². The van der Waals surface area contributed by atoms with E-state index in [0.717, 1.165) is 32.2 Å². The first-order valence-electron chi connectivity index (χ1n) is 7.04. The van der Waals surface area contributed by atoms with Crippen molar-refractivity contribution in [2.45, 2.75) is 63.9 Å². The van der Waals surface area contributed by atoms with Crippen molar-refractivity contribution < 1.29 is 13.2 Å². The van der Waals surface area contributed by atoms with Gasteiger partial charge in [0.2, 0.25) is 0 Å². The van der Waals surface area contributed by atoms with Gasteiger partial charge in [0.1, 0.15) is 0 Å². The molecule has 2 unspecified atom stereocenters. The Bertz CT molecular complexity index is 327. The van der Waals surface area contributed by atoms with Crippen molar-refractivity contribution in [3.8, 4) is 0 Å². The topological polar surface area (TPSA) is 55.4 Å². The lowest BCUT2D eigenvalue weighted by Gasteiger charge is -2.31. The highest BCUT2D eigenvalue weighted by molar-refractivity contribution is 7.92. The Morgan fingerprint density at radius 3 is 2.61 bits per heavy atom. The molecule has 18 heavy (non-hydrogen) atoms. The molecule has 1 heterocycles. The van der Waals surface area contributed by atoms with E-state index < -0.39 is 9.84 Å². The van der Waals surface area contributed by atoms with Crippen LogP contribution in [-0.4, -0.2) is 44.7 Å². The van der Waals surface area contributed by atoms with Crippen LogP contribution in [0.3, 0.4) is 0 Å². The van der Waals surface area contributed by atoms with Crippen LogP contribution in [0.1, 0.15) is 46.5 Å². The van der Waals surface area contributed by atoms with Gasteiger partial charge >= 0.3 is 0 Å². The van der Waals surface area contributed by atoms with Crippen molar-refractivity contribution >= 4 is 9.84 Å². The van der Waals surface area contributed by atoms with Crippen molar-refractivity contribution in [3.63, 3.8) is 0 Å². The van der Waals surface area contributed by atoms with Crippen LogP contribution in [0.2, 0.25) is 0 Å². The average Bonchev–Trinajstić information content (AvgIpc) is 2.29. The fraction of sp³-hybridized carbons (Fsp3) is 1.00. The summed E-state index contributed by atoms with van der Waals surface area (Å²) in [5.74, 6) is 0.337. The quantitative estimate of drug-likeness (QED) is 0.770. The Labute approximate surface area is 111 Å². The average molecular weight is 277 g/mol. The van der Waals surface area contributed by atoms with Gasteiger partial charge in [0, 0.05) is 6.04 Å². The number of hydrogen-bond acceptors (Lipinski definition) is 4. The number of sulfone groups is 1. The normalized spacial score (nSPS) is 25.2. The van der Waals surface area contributed by atoms with E-state index >= 15 is 0 Å². The van der Waals surface area contributed by atoms with Crippen molar-refractivity contribution in [2.24, 2.45) is 0 Å². The van der Waals surface area contributed by atoms with E-state index in [0.29, 0.717) is 12.4 Å². The molecule has 0 aromatic carbocycles. The van der Waals surface area contributed by atoms with Crippen LogP contribution in [0.25, 0.3) is 0 Å². The summed E-state index contributed by atoms with van der Waals surface area (Å²) in [6.45, 7) is 7.38. The maximum Gasteiger partial charge on any atom is 0.154 e. The first-order valence-corrected chi connectivity index (χ1v) is 8.75. The van der Waals surface area contributed by atoms with Crippen molar-refractivity contribution in [2.75, 3.05) is 18.9 Å². The van der Waals surface area contributed by atoms with E-state index in [1.54, 1.807) is 0 Å². The monoisotopic (exact) mass is 277 g/mol. The van der Waals surface area contributed by atoms with Gasteiger partial charge in [0.25, 0.3) is 0 Å². The number of nitrogens with one attached hydrogen (secondary N) is 1. The summed E-state index contributed by atoms with van der Waals surface area (Å²) in [5, 5.41) is 3.08. The zero-order chi connectivity index (χ0) is 13.6. The zero-order valence-electron chi connectivity index (χ0n) is 11.8. The summed E-state index contributed by atoms with van der Waals surface area (Å²) in [7, 11) is -2.94. The Morgan fingerprint density at radius 2 is 2.06 bits per heavy atom. The van der Waals surface area contributed by atoms with Gasteiger partial charge in [-0.25, -0.2) is 8.42 Å². The molecule has 0 bridgehead atoms. The second-order valence-corrected chi connectivity index (χ2v) is 7.68. The van der Waals surface area contributed by atoms with E-state index in [-0.39, 0.29) is 17.4 Å².